The van der Waals surface area contributed by atoms with Crippen molar-refractivity contribution in [3.63, 3.8) is 0 Å². The van der Waals surface area contributed by atoms with Crippen LogP contribution in [0.25, 0.3) is 0 Å². The van der Waals surface area contributed by atoms with Gasteiger partial charge in [-0.1, -0.05) is 20.3 Å². The number of aliphatic hydroxyl groups excluding tert-OH is 1. The predicted octanol–water partition coefficient (Wildman–Crippen LogP) is -1.79. The molecule has 1 saturated carbocycles. The molecule has 1 aliphatic carbocycles. The van der Waals surface area contributed by atoms with Crippen LogP contribution in [-0.4, -0.2) is 80.2 Å². The van der Waals surface area contributed by atoms with Crippen LogP contribution < -0.4 is 15.8 Å². The van der Waals surface area contributed by atoms with Gasteiger partial charge in [0.1, 0.15) is 5.75 Å². The maximum atomic E-state index is 12.8. The Labute approximate surface area is 192 Å². The van der Waals surface area contributed by atoms with Gasteiger partial charge < -0.3 is 25.8 Å². The molecule has 1 aliphatic heterocycles. The molecule has 12 nitrogen and oxygen atoms in total. The average molecular weight is 489 g/mol. The fourth-order valence-electron chi connectivity index (χ4n) is 4.55. The molecule has 186 valence electrons. The summed E-state index contributed by atoms with van der Waals surface area (Å²) in [5, 5.41) is 13.2. The molecule has 0 unspecified atom stereocenters. The van der Waals surface area contributed by atoms with E-state index in [1.165, 1.54) is 6.20 Å². The SMILES string of the molecule is CC[C@H](C)CC(=O)NS(=O)(=O)CC(=O)N[C@]1(C(=O)OC)[C@@H]2CN(C)C=C(C(N)=O)[C@@H]2C[C@@H]1O. The summed E-state index contributed by atoms with van der Waals surface area (Å²) in [5.41, 5.74) is 3.64. The molecule has 33 heavy (non-hydrogen) atoms. The van der Waals surface area contributed by atoms with E-state index >= 15 is 0 Å². The number of nitrogens with two attached hydrogens (primary N) is 1. The van der Waals surface area contributed by atoms with Gasteiger partial charge in [-0.25, -0.2) is 13.2 Å². The second-order valence-electron chi connectivity index (χ2n) is 8.76. The molecule has 3 amide bonds. The van der Waals surface area contributed by atoms with E-state index in [-0.39, 0.29) is 30.9 Å². The first-order valence-electron chi connectivity index (χ1n) is 10.6. The Morgan fingerprint density at radius 2 is 1.97 bits per heavy atom. The Hall–Kier alpha value is -2.67. The lowest BCUT2D eigenvalue weighted by atomic mass is 9.77. The number of aliphatic hydroxyl groups is 1. The van der Waals surface area contributed by atoms with Crippen molar-refractivity contribution in [3.05, 3.63) is 11.8 Å². The Morgan fingerprint density at radius 1 is 1.33 bits per heavy atom. The molecule has 5 atom stereocenters. The van der Waals surface area contributed by atoms with Crippen LogP contribution >= 0.6 is 0 Å². The van der Waals surface area contributed by atoms with Gasteiger partial charge in [-0.2, -0.15) is 0 Å². The lowest BCUT2D eigenvalue weighted by molar-refractivity contribution is -0.158. The van der Waals surface area contributed by atoms with Gasteiger partial charge >= 0.3 is 5.97 Å². The first kappa shape index (κ1) is 26.6. The number of nitrogens with zero attached hydrogens (tertiary/aromatic N) is 1. The lowest BCUT2D eigenvalue weighted by Gasteiger charge is -2.41. The zero-order valence-electron chi connectivity index (χ0n) is 19.2. The number of esters is 1. The van der Waals surface area contributed by atoms with E-state index in [4.69, 9.17) is 10.5 Å². The van der Waals surface area contributed by atoms with E-state index in [2.05, 4.69) is 5.32 Å². The minimum Gasteiger partial charge on any atom is -0.467 e. The molecular weight excluding hydrogens is 456 g/mol. The van der Waals surface area contributed by atoms with E-state index in [9.17, 15) is 32.7 Å². The third kappa shape index (κ3) is 5.64. The number of rotatable bonds is 9. The highest BCUT2D eigenvalue weighted by molar-refractivity contribution is 7.90. The first-order chi connectivity index (χ1) is 15.3. The number of hydrogen-bond donors (Lipinski definition) is 4. The summed E-state index contributed by atoms with van der Waals surface area (Å²) in [6.07, 6.45) is 0.622. The van der Waals surface area contributed by atoms with E-state index in [1.54, 1.807) is 18.9 Å². The van der Waals surface area contributed by atoms with Crippen LogP contribution in [0.5, 0.6) is 0 Å². The van der Waals surface area contributed by atoms with Gasteiger partial charge in [-0.05, 0) is 12.3 Å². The summed E-state index contributed by atoms with van der Waals surface area (Å²) in [6.45, 7) is 3.80. The first-order valence-corrected chi connectivity index (χ1v) is 12.2. The van der Waals surface area contributed by atoms with Crippen molar-refractivity contribution in [3.8, 4) is 0 Å². The van der Waals surface area contributed by atoms with E-state index < -0.39 is 62.9 Å². The smallest absolute Gasteiger partial charge is 0.334 e. The molecule has 0 radical (unpaired) electrons. The maximum absolute atomic E-state index is 12.8. The van der Waals surface area contributed by atoms with Crippen molar-refractivity contribution >= 4 is 33.7 Å². The second kappa shape index (κ2) is 10.1. The molecular formula is C20H32N4O8S. The van der Waals surface area contributed by atoms with E-state index in [0.717, 1.165) is 7.11 Å². The minimum atomic E-state index is -4.36. The summed E-state index contributed by atoms with van der Waals surface area (Å²) >= 11 is 0. The summed E-state index contributed by atoms with van der Waals surface area (Å²) in [6, 6.07) is 0. The van der Waals surface area contributed by atoms with Crippen LogP contribution in [0.1, 0.15) is 33.1 Å². The average Bonchev–Trinajstić information content (AvgIpc) is 2.97. The molecule has 0 aromatic carbocycles. The van der Waals surface area contributed by atoms with Crippen molar-refractivity contribution in [2.24, 2.45) is 23.5 Å². The van der Waals surface area contributed by atoms with Gasteiger partial charge in [0, 0.05) is 43.6 Å². The maximum Gasteiger partial charge on any atom is 0.334 e. The summed E-state index contributed by atoms with van der Waals surface area (Å²) < 4.78 is 31.4. The number of methoxy groups -OCH3 is 1. The standard InChI is InChI=1S/C20H32N4O8S/c1-5-11(2)6-16(26)23-33(30,31)10-17(27)22-20(19(29)32-4)14-9-24(3)8-13(18(21)28)12(14)7-15(20)25/h8,11-12,14-15,25H,5-7,9-10H2,1-4H3,(H2,21,28)(H,22,27)(H,23,26)/t11-,12-,14+,15-,20+/m0/s1. The topological polar surface area (TPSA) is 185 Å². The van der Waals surface area contributed by atoms with Crippen LogP contribution in [0.3, 0.4) is 0 Å². The van der Waals surface area contributed by atoms with Crippen molar-refractivity contribution in [1.29, 1.82) is 0 Å². The fourth-order valence-corrected chi connectivity index (χ4v) is 5.47. The molecule has 2 aliphatic rings. The molecule has 0 aromatic rings. The van der Waals surface area contributed by atoms with Crippen LogP contribution in [0.4, 0.5) is 0 Å². The highest BCUT2D eigenvalue weighted by Gasteiger charge is 2.63. The normalized spacial score (nSPS) is 27.7. The highest BCUT2D eigenvalue weighted by atomic mass is 32.2. The Kier molecular flexibility index (Phi) is 8.12. The predicted molar refractivity (Wildman–Crippen MR) is 116 cm³/mol. The van der Waals surface area contributed by atoms with Crippen LogP contribution in [0.2, 0.25) is 0 Å². The van der Waals surface area contributed by atoms with Crippen LogP contribution in [-0.2, 0) is 33.9 Å². The van der Waals surface area contributed by atoms with Crippen LogP contribution in [0, 0.1) is 17.8 Å². The van der Waals surface area contributed by atoms with Gasteiger partial charge in [-0.3, -0.25) is 19.1 Å². The molecule has 0 spiro atoms. The number of amides is 3. The highest BCUT2D eigenvalue weighted by Crippen LogP contribution is 2.47. The van der Waals surface area contributed by atoms with Crippen molar-refractivity contribution < 1.29 is 37.4 Å². The Morgan fingerprint density at radius 3 is 2.52 bits per heavy atom. The largest absolute Gasteiger partial charge is 0.467 e. The van der Waals surface area contributed by atoms with Gasteiger partial charge in [0.15, 0.2) is 5.54 Å². The number of primary amides is 1. The number of fused-ring (bicyclic) bond motifs is 1. The number of sulfonamides is 1. The monoisotopic (exact) mass is 488 g/mol. The molecule has 1 fully saturated rings. The quantitative estimate of drug-likeness (QED) is 0.272. The fraction of sp³-hybridized carbons (Fsp3) is 0.700. The van der Waals surface area contributed by atoms with Gasteiger partial charge in [-0.15, -0.1) is 0 Å². The molecule has 13 heteroatoms. The second-order valence-corrected chi connectivity index (χ2v) is 10.5. The van der Waals surface area contributed by atoms with Crippen molar-refractivity contribution in [2.75, 3.05) is 26.5 Å². The molecule has 0 bridgehead atoms. The van der Waals surface area contributed by atoms with E-state index in [1.807, 2.05) is 11.6 Å². The van der Waals surface area contributed by atoms with Crippen molar-refractivity contribution in [1.82, 2.24) is 14.9 Å². The molecule has 1 heterocycles. The van der Waals surface area contributed by atoms with Gasteiger partial charge in [0.25, 0.3) is 0 Å². The number of carbonyl (C=O) groups excluding carboxylic acids is 4. The number of hydrogen-bond acceptors (Lipinski definition) is 9. The number of ether oxygens (including phenoxy) is 1. The lowest BCUT2D eigenvalue weighted by Crippen LogP contribution is -2.66. The van der Waals surface area contributed by atoms with Gasteiger partial charge in [0.05, 0.1) is 13.2 Å². The zero-order chi connectivity index (χ0) is 25.1. The summed E-state index contributed by atoms with van der Waals surface area (Å²) in [7, 11) is -1.66. The third-order valence-electron chi connectivity index (χ3n) is 6.29. The molecule has 0 aromatic heterocycles. The third-order valence-corrected chi connectivity index (χ3v) is 7.47. The van der Waals surface area contributed by atoms with Crippen molar-refractivity contribution in [2.45, 2.75) is 44.8 Å². The molecule has 2 rings (SSSR count). The number of nitrogens with one attached hydrogen (secondary N) is 2. The molecule has 5 N–H and O–H groups in total. The van der Waals surface area contributed by atoms with Crippen LogP contribution in [0.15, 0.2) is 11.8 Å². The molecule has 0 saturated heterocycles. The number of carbonyl (C=O) groups is 4. The summed E-state index contributed by atoms with van der Waals surface area (Å²) in [5.74, 6) is -6.22. The van der Waals surface area contributed by atoms with E-state index in [0.29, 0.717) is 6.42 Å². The van der Waals surface area contributed by atoms with Gasteiger partial charge in [0.2, 0.25) is 27.7 Å². The Bertz CT molecular complexity index is 950. The summed E-state index contributed by atoms with van der Waals surface area (Å²) in [4.78, 5) is 51.1. The minimum absolute atomic E-state index is 0.0273. The Balaban J connectivity index is 2.28. The zero-order valence-corrected chi connectivity index (χ0v) is 20.0.